The topological polar surface area (TPSA) is 67.5 Å². The monoisotopic (exact) mass is 294 g/mol. The largest absolute Gasteiger partial charge is 0.478 e. The SMILES string of the molecule is O=C(O)/C=C/c1coc2cc(Br)ccc2c1=O. The van der Waals surface area contributed by atoms with E-state index in [4.69, 9.17) is 9.52 Å². The number of carboxylic acid groups (broad SMARTS) is 1. The lowest BCUT2D eigenvalue weighted by Gasteiger charge is -1.98. The third kappa shape index (κ3) is 2.45. The van der Waals surface area contributed by atoms with E-state index in [1.54, 1.807) is 18.2 Å². The summed E-state index contributed by atoms with van der Waals surface area (Å²) in [4.78, 5) is 22.3. The highest BCUT2D eigenvalue weighted by Gasteiger charge is 2.05. The first kappa shape index (κ1) is 11.6. The lowest BCUT2D eigenvalue weighted by Crippen LogP contribution is -2.04. The third-order valence-electron chi connectivity index (χ3n) is 2.17. The van der Waals surface area contributed by atoms with Gasteiger partial charge in [-0.2, -0.15) is 0 Å². The van der Waals surface area contributed by atoms with Gasteiger partial charge in [-0.15, -0.1) is 0 Å². The molecule has 0 amide bonds. The molecule has 4 nitrogen and oxygen atoms in total. The number of halogens is 1. The Hall–Kier alpha value is -1.88. The van der Waals surface area contributed by atoms with Crippen molar-refractivity contribution in [3.8, 4) is 0 Å². The Morgan fingerprint density at radius 3 is 2.88 bits per heavy atom. The van der Waals surface area contributed by atoms with Gasteiger partial charge < -0.3 is 9.52 Å². The molecule has 0 aliphatic carbocycles. The second kappa shape index (κ2) is 4.55. The molecule has 0 aliphatic rings. The van der Waals surface area contributed by atoms with Crippen LogP contribution in [0.5, 0.6) is 0 Å². The molecule has 86 valence electrons. The molecule has 2 rings (SSSR count). The molecule has 1 aromatic heterocycles. The van der Waals surface area contributed by atoms with Crippen LogP contribution in [0.2, 0.25) is 0 Å². The molecule has 0 saturated carbocycles. The van der Waals surface area contributed by atoms with E-state index >= 15 is 0 Å². The van der Waals surface area contributed by atoms with Crippen molar-refractivity contribution in [1.29, 1.82) is 0 Å². The highest BCUT2D eigenvalue weighted by molar-refractivity contribution is 9.10. The van der Waals surface area contributed by atoms with Gasteiger partial charge in [0.2, 0.25) is 0 Å². The average molecular weight is 295 g/mol. The van der Waals surface area contributed by atoms with Crippen molar-refractivity contribution in [2.45, 2.75) is 0 Å². The first-order chi connectivity index (χ1) is 8.08. The Morgan fingerprint density at radius 2 is 2.18 bits per heavy atom. The summed E-state index contributed by atoms with van der Waals surface area (Å²) in [6.07, 6.45) is 3.36. The predicted molar refractivity (Wildman–Crippen MR) is 66.9 cm³/mol. The second-order valence-corrected chi connectivity index (χ2v) is 4.25. The first-order valence-electron chi connectivity index (χ1n) is 4.70. The summed E-state index contributed by atoms with van der Waals surface area (Å²) in [7, 11) is 0. The molecule has 2 aromatic rings. The van der Waals surface area contributed by atoms with Gasteiger partial charge in [-0.05, 0) is 24.3 Å². The predicted octanol–water partition coefficient (Wildman–Crippen LogP) is 2.65. The van der Waals surface area contributed by atoms with Crippen LogP contribution in [0, 0.1) is 0 Å². The van der Waals surface area contributed by atoms with Gasteiger partial charge in [0.25, 0.3) is 0 Å². The maximum Gasteiger partial charge on any atom is 0.328 e. The van der Waals surface area contributed by atoms with Gasteiger partial charge in [-0.3, -0.25) is 4.79 Å². The van der Waals surface area contributed by atoms with E-state index in [-0.39, 0.29) is 11.0 Å². The molecular weight excluding hydrogens is 288 g/mol. The van der Waals surface area contributed by atoms with Gasteiger partial charge >= 0.3 is 5.97 Å². The van der Waals surface area contributed by atoms with Gasteiger partial charge in [0.1, 0.15) is 11.8 Å². The van der Waals surface area contributed by atoms with Crippen molar-refractivity contribution in [3.05, 3.63) is 50.8 Å². The van der Waals surface area contributed by atoms with E-state index in [0.717, 1.165) is 10.5 Å². The molecule has 1 heterocycles. The molecule has 0 bridgehead atoms. The van der Waals surface area contributed by atoms with Crippen LogP contribution >= 0.6 is 15.9 Å². The van der Waals surface area contributed by atoms with E-state index < -0.39 is 5.97 Å². The molecule has 0 atom stereocenters. The molecule has 17 heavy (non-hydrogen) atoms. The standard InChI is InChI=1S/C12H7BrO4/c13-8-2-3-9-10(5-8)17-6-7(12(9)16)1-4-11(14)15/h1-6H,(H,14,15)/b4-1+. The van der Waals surface area contributed by atoms with Crippen LogP contribution in [-0.2, 0) is 4.79 Å². The minimum atomic E-state index is -1.11. The molecule has 0 radical (unpaired) electrons. The minimum absolute atomic E-state index is 0.210. The van der Waals surface area contributed by atoms with Gasteiger partial charge in [0.05, 0.1) is 10.9 Å². The average Bonchev–Trinajstić information content (AvgIpc) is 2.27. The molecule has 0 saturated heterocycles. The van der Waals surface area contributed by atoms with Crippen LogP contribution in [0.1, 0.15) is 5.56 Å². The van der Waals surface area contributed by atoms with Crippen LogP contribution in [-0.4, -0.2) is 11.1 Å². The second-order valence-electron chi connectivity index (χ2n) is 3.33. The van der Waals surface area contributed by atoms with Crippen molar-refractivity contribution >= 4 is 38.9 Å². The quantitative estimate of drug-likeness (QED) is 0.865. The maximum absolute atomic E-state index is 11.9. The fourth-order valence-electron chi connectivity index (χ4n) is 1.39. The zero-order valence-corrected chi connectivity index (χ0v) is 10.1. The maximum atomic E-state index is 11.9. The number of carbonyl (C=O) groups is 1. The van der Waals surface area contributed by atoms with E-state index in [0.29, 0.717) is 11.0 Å². The number of benzene rings is 1. The summed E-state index contributed by atoms with van der Waals surface area (Å²) in [6.45, 7) is 0. The van der Waals surface area contributed by atoms with E-state index in [2.05, 4.69) is 15.9 Å². The van der Waals surface area contributed by atoms with E-state index in [9.17, 15) is 9.59 Å². The molecule has 0 unspecified atom stereocenters. The molecule has 0 spiro atoms. The van der Waals surface area contributed by atoms with E-state index in [1.165, 1.54) is 12.3 Å². The summed E-state index contributed by atoms with van der Waals surface area (Å²) in [5, 5.41) is 8.91. The normalized spacial score (nSPS) is 11.1. The molecule has 1 aromatic carbocycles. The number of carboxylic acids is 1. The summed E-state index contributed by atoms with van der Waals surface area (Å²) in [6, 6.07) is 5.04. The van der Waals surface area contributed by atoms with Gasteiger partial charge in [0, 0.05) is 10.5 Å². The van der Waals surface area contributed by atoms with Crippen molar-refractivity contribution in [3.63, 3.8) is 0 Å². The highest BCUT2D eigenvalue weighted by Crippen LogP contribution is 2.18. The highest BCUT2D eigenvalue weighted by atomic mass is 79.9. The van der Waals surface area contributed by atoms with Crippen molar-refractivity contribution < 1.29 is 14.3 Å². The Balaban J connectivity index is 2.62. The fraction of sp³-hybridized carbons (Fsp3) is 0. The number of fused-ring (bicyclic) bond motifs is 1. The molecule has 1 N–H and O–H groups in total. The molecular formula is C12H7BrO4. The van der Waals surface area contributed by atoms with Crippen molar-refractivity contribution in [2.75, 3.05) is 0 Å². The van der Waals surface area contributed by atoms with Crippen molar-refractivity contribution in [2.24, 2.45) is 0 Å². The zero-order chi connectivity index (χ0) is 12.4. The summed E-state index contributed by atoms with van der Waals surface area (Å²) >= 11 is 3.27. The zero-order valence-electron chi connectivity index (χ0n) is 8.51. The molecule has 0 aliphatic heterocycles. The van der Waals surface area contributed by atoms with Gasteiger partial charge in [-0.1, -0.05) is 15.9 Å². The van der Waals surface area contributed by atoms with Gasteiger partial charge in [-0.25, -0.2) is 4.79 Å². The number of aliphatic carboxylic acids is 1. The van der Waals surface area contributed by atoms with E-state index in [1.807, 2.05) is 0 Å². The van der Waals surface area contributed by atoms with Crippen LogP contribution in [0.15, 0.2) is 44.2 Å². The first-order valence-corrected chi connectivity index (χ1v) is 5.49. The summed E-state index contributed by atoms with van der Waals surface area (Å²) in [5.41, 5.74) is 0.412. The lowest BCUT2D eigenvalue weighted by atomic mass is 10.1. The van der Waals surface area contributed by atoms with Crippen LogP contribution < -0.4 is 5.43 Å². The number of rotatable bonds is 2. The summed E-state index contributed by atoms with van der Waals surface area (Å²) < 4.78 is 6.07. The molecule has 5 heteroatoms. The third-order valence-corrected chi connectivity index (χ3v) is 2.66. The fourth-order valence-corrected chi connectivity index (χ4v) is 1.73. The Labute approximate surface area is 104 Å². The van der Waals surface area contributed by atoms with Crippen LogP contribution in [0.25, 0.3) is 17.0 Å². The van der Waals surface area contributed by atoms with Crippen LogP contribution in [0.4, 0.5) is 0 Å². The minimum Gasteiger partial charge on any atom is -0.478 e. The Bertz CT molecular complexity index is 670. The Kier molecular flexibility index (Phi) is 3.10. The van der Waals surface area contributed by atoms with Crippen LogP contribution in [0.3, 0.4) is 0 Å². The lowest BCUT2D eigenvalue weighted by molar-refractivity contribution is -0.131. The Morgan fingerprint density at radius 1 is 1.41 bits per heavy atom. The molecule has 0 fully saturated rings. The number of hydrogen-bond donors (Lipinski definition) is 1. The smallest absolute Gasteiger partial charge is 0.328 e. The van der Waals surface area contributed by atoms with Gasteiger partial charge in [0.15, 0.2) is 5.43 Å². The van der Waals surface area contributed by atoms with Crippen molar-refractivity contribution in [1.82, 2.24) is 0 Å². The number of hydrogen-bond acceptors (Lipinski definition) is 3. The summed E-state index contributed by atoms with van der Waals surface area (Å²) in [5.74, 6) is -1.11.